The standard InChI is InChI=1S/C23H25N5O4/c1-27(18-11-6-3-7-12-18)21(29)16-32-23(30)20(15-19-13-8-14-31-19)28-22(24-25-26-28)17-9-4-2-5-10-17/h2,4-5,8-10,13-15,18H,3,6-7,11-12,16H2,1H3. The molecule has 1 amide bonds. The van der Waals surface area contributed by atoms with Crippen molar-refractivity contribution in [3.8, 4) is 11.4 Å². The fourth-order valence-corrected chi connectivity index (χ4v) is 3.81. The van der Waals surface area contributed by atoms with E-state index < -0.39 is 5.97 Å². The van der Waals surface area contributed by atoms with Crippen LogP contribution in [-0.2, 0) is 14.3 Å². The molecular weight excluding hydrogens is 410 g/mol. The number of hydrogen-bond acceptors (Lipinski definition) is 7. The quantitative estimate of drug-likeness (QED) is 0.414. The minimum Gasteiger partial charge on any atom is -0.465 e. The van der Waals surface area contributed by atoms with Gasteiger partial charge in [-0.25, -0.2) is 4.79 Å². The minimum absolute atomic E-state index is 0.0388. The number of ether oxygens (including phenoxy) is 1. The predicted molar refractivity (Wildman–Crippen MR) is 117 cm³/mol. The molecule has 0 aliphatic heterocycles. The van der Waals surface area contributed by atoms with Crippen molar-refractivity contribution in [2.75, 3.05) is 13.7 Å². The summed E-state index contributed by atoms with van der Waals surface area (Å²) in [5.74, 6) is -0.165. The summed E-state index contributed by atoms with van der Waals surface area (Å²) in [6.07, 6.45) is 8.36. The van der Waals surface area contributed by atoms with Crippen LogP contribution in [0.4, 0.5) is 0 Å². The van der Waals surface area contributed by atoms with Crippen LogP contribution in [0.3, 0.4) is 0 Å². The highest BCUT2D eigenvalue weighted by molar-refractivity contribution is 6.15. The maximum atomic E-state index is 13.0. The average Bonchev–Trinajstić information content (AvgIpc) is 3.53. The Morgan fingerprint density at radius 2 is 1.94 bits per heavy atom. The van der Waals surface area contributed by atoms with Crippen molar-refractivity contribution in [3.63, 3.8) is 0 Å². The van der Waals surface area contributed by atoms with Crippen LogP contribution in [0, 0.1) is 0 Å². The molecule has 0 bridgehead atoms. The Morgan fingerprint density at radius 3 is 2.66 bits per heavy atom. The molecule has 0 unspecified atom stereocenters. The normalized spacial score (nSPS) is 14.8. The summed E-state index contributed by atoms with van der Waals surface area (Å²) >= 11 is 0. The number of likely N-dealkylation sites (N-methyl/N-ethyl adjacent to an activating group) is 1. The lowest BCUT2D eigenvalue weighted by molar-refractivity contribution is -0.148. The van der Waals surface area contributed by atoms with Crippen molar-refractivity contribution < 1.29 is 18.7 Å². The second kappa shape index (κ2) is 10.0. The zero-order chi connectivity index (χ0) is 22.3. The minimum atomic E-state index is -0.726. The molecule has 1 saturated carbocycles. The van der Waals surface area contributed by atoms with E-state index >= 15 is 0 Å². The molecule has 0 N–H and O–H groups in total. The molecule has 1 aromatic carbocycles. The first-order valence-corrected chi connectivity index (χ1v) is 10.7. The third kappa shape index (κ3) is 4.93. The number of benzene rings is 1. The number of carbonyl (C=O) groups is 2. The van der Waals surface area contributed by atoms with E-state index in [-0.39, 0.29) is 24.3 Å². The molecule has 9 heteroatoms. The van der Waals surface area contributed by atoms with Gasteiger partial charge in [0.05, 0.1) is 6.26 Å². The molecule has 166 valence electrons. The van der Waals surface area contributed by atoms with Crippen LogP contribution in [0.5, 0.6) is 0 Å². The van der Waals surface area contributed by atoms with Crippen molar-refractivity contribution in [2.45, 2.75) is 38.1 Å². The lowest BCUT2D eigenvalue weighted by atomic mass is 9.94. The highest BCUT2D eigenvalue weighted by atomic mass is 16.5. The van der Waals surface area contributed by atoms with Gasteiger partial charge in [0.25, 0.3) is 5.91 Å². The van der Waals surface area contributed by atoms with Crippen molar-refractivity contribution in [3.05, 3.63) is 54.5 Å². The molecular formula is C23H25N5O4. The molecule has 2 heterocycles. The zero-order valence-corrected chi connectivity index (χ0v) is 17.9. The van der Waals surface area contributed by atoms with Gasteiger partial charge in [0.1, 0.15) is 5.76 Å². The Kier molecular flexibility index (Phi) is 6.74. The van der Waals surface area contributed by atoms with E-state index in [0.717, 1.165) is 31.2 Å². The number of esters is 1. The van der Waals surface area contributed by atoms with Gasteiger partial charge < -0.3 is 14.1 Å². The third-order valence-electron chi connectivity index (χ3n) is 5.60. The van der Waals surface area contributed by atoms with Gasteiger partial charge in [0.15, 0.2) is 18.1 Å². The lowest BCUT2D eigenvalue weighted by Gasteiger charge is -2.31. The first-order chi connectivity index (χ1) is 15.6. The summed E-state index contributed by atoms with van der Waals surface area (Å²) in [7, 11) is 1.76. The highest BCUT2D eigenvalue weighted by Crippen LogP contribution is 2.23. The van der Waals surface area contributed by atoms with E-state index in [1.807, 2.05) is 30.3 Å². The number of amides is 1. The molecule has 0 atom stereocenters. The molecule has 1 aliphatic carbocycles. The number of aromatic nitrogens is 4. The van der Waals surface area contributed by atoms with E-state index in [0.29, 0.717) is 11.6 Å². The molecule has 1 aliphatic rings. The van der Waals surface area contributed by atoms with Crippen molar-refractivity contribution >= 4 is 23.6 Å². The number of furan rings is 1. The number of tetrazole rings is 1. The second-order valence-electron chi connectivity index (χ2n) is 7.70. The third-order valence-corrected chi connectivity index (χ3v) is 5.60. The number of carbonyl (C=O) groups excluding carboxylic acids is 2. The fourth-order valence-electron chi connectivity index (χ4n) is 3.81. The number of rotatable bonds is 7. The molecule has 3 aromatic rings. The van der Waals surface area contributed by atoms with E-state index in [2.05, 4.69) is 15.5 Å². The monoisotopic (exact) mass is 435 g/mol. The Labute approximate surface area is 185 Å². The molecule has 2 aromatic heterocycles. The molecule has 0 saturated heterocycles. The van der Waals surface area contributed by atoms with E-state index in [4.69, 9.17) is 9.15 Å². The first kappa shape index (κ1) is 21.5. The van der Waals surface area contributed by atoms with Crippen molar-refractivity contribution in [2.24, 2.45) is 0 Å². The summed E-state index contributed by atoms with van der Waals surface area (Å²) in [6, 6.07) is 12.8. The second-order valence-corrected chi connectivity index (χ2v) is 7.70. The van der Waals surface area contributed by atoms with Crippen LogP contribution >= 0.6 is 0 Å². The molecule has 9 nitrogen and oxygen atoms in total. The molecule has 0 spiro atoms. The highest BCUT2D eigenvalue weighted by Gasteiger charge is 2.25. The fraction of sp³-hybridized carbons (Fsp3) is 0.348. The predicted octanol–water partition coefficient (Wildman–Crippen LogP) is 3.27. The maximum Gasteiger partial charge on any atom is 0.357 e. The summed E-state index contributed by atoms with van der Waals surface area (Å²) in [5.41, 5.74) is 0.765. The van der Waals surface area contributed by atoms with E-state index in [9.17, 15) is 9.59 Å². The van der Waals surface area contributed by atoms with Crippen LogP contribution in [0.2, 0.25) is 0 Å². The van der Waals surface area contributed by atoms with Gasteiger partial charge in [-0.2, -0.15) is 4.68 Å². The Bertz CT molecular complexity index is 1070. The van der Waals surface area contributed by atoms with Gasteiger partial charge in [0, 0.05) is 24.7 Å². The van der Waals surface area contributed by atoms with Gasteiger partial charge >= 0.3 is 5.97 Å². The van der Waals surface area contributed by atoms with Crippen molar-refractivity contribution in [1.29, 1.82) is 0 Å². The summed E-state index contributed by atoms with van der Waals surface area (Å²) in [5, 5.41) is 11.8. The summed E-state index contributed by atoms with van der Waals surface area (Å²) < 4.78 is 12.0. The van der Waals surface area contributed by atoms with Gasteiger partial charge in [-0.15, -0.1) is 5.10 Å². The summed E-state index contributed by atoms with van der Waals surface area (Å²) in [4.78, 5) is 27.3. The topological polar surface area (TPSA) is 103 Å². The van der Waals surface area contributed by atoms with Crippen LogP contribution < -0.4 is 0 Å². The molecule has 1 fully saturated rings. The van der Waals surface area contributed by atoms with Crippen LogP contribution in [0.15, 0.2) is 53.1 Å². The number of nitrogens with zero attached hydrogens (tertiary/aromatic N) is 5. The van der Waals surface area contributed by atoms with Gasteiger partial charge in [-0.3, -0.25) is 4.79 Å². The first-order valence-electron chi connectivity index (χ1n) is 10.7. The van der Waals surface area contributed by atoms with Crippen LogP contribution in [-0.4, -0.2) is 56.7 Å². The zero-order valence-electron chi connectivity index (χ0n) is 17.9. The van der Waals surface area contributed by atoms with Gasteiger partial charge in [0.2, 0.25) is 0 Å². The van der Waals surface area contributed by atoms with Crippen LogP contribution in [0.25, 0.3) is 23.2 Å². The average molecular weight is 435 g/mol. The largest absolute Gasteiger partial charge is 0.465 e. The summed E-state index contributed by atoms with van der Waals surface area (Å²) in [6.45, 7) is -0.357. The Morgan fingerprint density at radius 1 is 1.16 bits per heavy atom. The molecule has 32 heavy (non-hydrogen) atoms. The lowest BCUT2D eigenvalue weighted by Crippen LogP contribution is -2.40. The van der Waals surface area contributed by atoms with E-state index in [1.54, 1.807) is 24.1 Å². The molecule has 4 rings (SSSR count). The Balaban J connectivity index is 1.54. The molecule has 0 radical (unpaired) electrons. The SMILES string of the molecule is CN(C(=O)COC(=O)C(=Cc1ccco1)n1nnnc1-c1ccccc1)C1CCCCC1. The van der Waals surface area contributed by atoms with Crippen LogP contribution in [0.1, 0.15) is 37.9 Å². The maximum absolute atomic E-state index is 13.0. The van der Waals surface area contributed by atoms with E-state index in [1.165, 1.54) is 23.4 Å². The van der Waals surface area contributed by atoms with Gasteiger partial charge in [-0.1, -0.05) is 49.6 Å². The van der Waals surface area contributed by atoms with Gasteiger partial charge in [-0.05, 0) is 35.4 Å². The smallest absolute Gasteiger partial charge is 0.357 e. The van der Waals surface area contributed by atoms with Crippen molar-refractivity contribution in [1.82, 2.24) is 25.1 Å². The number of hydrogen-bond donors (Lipinski definition) is 0. The Hall–Kier alpha value is -3.75.